The number of nitrogens with one attached hydrogen (secondary N) is 1. The highest BCUT2D eigenvalue weighted by Crippen LogP contribution is 2.33. The van der Waals surface area contributed by atoms with Crippen LogP contribution < -0.4 is 5.32 Å². The molecular weight excluding hydrogens is 651 g/mol. The molecule has 0 unspecified atom stereocenters. The van der Waals surface area contributed by atoms with E-state index in [1.165, 1.54) is 13.8 Å². The maximum atomic E-state index is 13.5. The summed E-state index contributed by atoms with van der Waals surface area (Å²) in [7, 11) is 1.91. The average Bonchev–Trinajstić information content (AvgIpc) is 3.33. The van der Waals surface area contributed by atoms with Crippen LogP contribution in [0, 0.1) is 24.2 Å². The normalized spacial score (nSPS) is 16.7. The van der Waals surface area contributed by atoms with Crippen molar-refractivity contribution in [2.45, 2.75) is 89.8 Å². The molecule has 1 heterocycles. The van der Waals surface area contributed by atoms with E-state index in [2.05, 4.69) is 29.4 Å². The molecule has 44 heavy (non-hydrogen) atoms. The fraction of sp³-hybridized carbons (Fsp3) is 0.613. The molecule has 9 nitrogen and oxygen atoms in total. The highest BCUT2D eigenvalue weighted by atomic mass is 35.6. The van der Waals surface area contributed by atoms with Crippen LogP contribution in [0.25, 0.3) is 6.08 Å². The first kappa shape index (κ1) is 40.1. The number of likely N-dealkylation sites (N-methyl/N-ethyl adjacent to an activating group) is 1. The number of halogens is 3. The first-order valence-corrected chi connectivity index (χ1v) is 16.2. The Bertz CT molecular complexity index is 1210. The molecule has 1 rings (SSSR count). The molecule has 248 valence electrons. The Morgan fingerprint density at radius 1 is 1.16 bits per heavy atom. The van der Waals surface area contributed by atoms with Gasteiger partial charge in [-0.15, -0.1) is 11.3 Å². The van der Waals surface area contributed by atoms with Gasteiger partial charge in [-0.3, -0.25) is 9.59 Å². The number of ether oxygens (including phenoxy) is 2. The summed E-state index contributed by atoms with van der Waals surface area (Å²) in [6, 6.07) is 0.127. The molecule has 0 aliphatic heterocycles. The predicted molar refractivity (Wildman–Crippen MR) is 177 cm³/mol. The highest BCUT2D eigenvalue weighted by molar-refractivity contribution is 7.09. The number of thiazole rings is 1. The van der Waals surface area contributed by atoms with Crippen LogP contribution in [0.15, 0.2) is 34.8 Å². The number of carboxylic acid groups (broad SMARTS) is 1. The van der Waals surface area contributed by atoms with E-state index >= 15 is 0 Å². The van der Waals surface area contributed by atoms with Gasteiger partial charge < -0.3 is 25.0 Å². The van der Waals surface area contributed by atoms with Crippen molar-refractivity contribution in [1.29, 1.82) is 0 Å². The summed E-state index contributed by atoms with van der Waals surface area (Å²) in [4.78, 5) is 41.6. The van der Waals surface area contributed by atoms with Gasteiger partial charge in [0, 0.05) is 11.4 Å². The Kier molecular flexibility index (Phi) is 16.6. The van der Waals surface area contributed by atoms with Gasteiger partial charge in [0.15, 0.2) is 0 Å². The number of aryl methyl sites for hydroxylation is 1. The molecule has 0 amide bonds. The van der Waals surface area contributed by atoms with Gasteiger partial charge in [0.25, 0.3) is 0 Å². The molecular formula is C31H45Cl3N2O7S. The summed E-state index contributed by atoms with van der Waals surface area (Å²) >= 11 is 18.6. The zero-order chi connectivity index (χ0) is 33.8. The third-order valence-electron chi connectivity index (χ3n) is 7.36. The first-order chi connectivity index (χ1) is 20.3. The Hall–Kier alpha value is -1.95. The number of carboxylic acids is 1. The summed E-state index contributed by atoms with van der Waals surface area (Å²) in [6.07, 6.45) is 5.11. The number of hydrogen-bond acceptors (Lipinski definition) is 9. The largest absolute Gasteiger partial charge is 0.508 e. The second-order valence-corrected chi connectivity index (χ2v) is 15.1. The van der Waals surface area contributed by atoms with Crippen LogP contribution >= 0.6 is 46.1 Å². The van der Waals surface area contributed by atoms with Crippen molar-refractivity contribution in [3.63, 3.8) is 0 Å². The summed E-state index contributed by atoms with van der Waals surface area (Å²) < 4.78 is 8.63. The fourth-order valence-corrected chi connectivity index (χ4v) is 5.34. The average molecular weight is 696 g/mol. The molecule has 0 aromatic carbocycles. The summed E-state index contributed by atoms with van der Waals surface area (Å²) in [5, 5.41) is 26.0. The molecule has 1 aromatic rings. The SMILES string of the molecule is CN[C@@H](CC=C(C)C=CC[C@H](C)[C@H](OC(=O)OCC(Cl)(Cl)Cl)[C@@H](C)C(=O)C(C)(C)[C@@H](O)CC(=O)O)C(C)=Cc1csc(C)n1. The van der Waals surface area contributed by atoms with Gasteiger partial charge >= 0.3 is 12.1 Å². The van der Waals surface area contributed by atoms with Crippen molar-refractivity contribution < 1.29 is 34.1 Å². The number of aliphatic carboxylic acids is 1. The number of alkyl halides is 3. The molecule has 0 radical (unpaired) electrons. The van der Waals surface area contributed by atoms with Crippen LogP contribution in [0.2, 0.25) is 0 Å². The van der Waals surface area contributed by atoms with E-state index in [1.807, 2.05) is 45.4 Å². The van der Waals surface area contributed by atoms with Crippen molar-refractivity contribution in [1.82, 2.24) is 10.3 Å². The van der Waals surface area contributed by atoms with E-state index in [0.29, 0.717) is 6.42 Å². The number of aromatic nitrogens is 1. The van der Waals surface area contributed by atoms with E-state index in [-0.39, 0.29) is 12.0 Å². The standard InChI is InChI=1S/C31H45Cl3N2O7S/c1-18(12-13-24(35-8)20(3)14-23-16-44-22(5)36-23)10-9-11-19(2)27(43-29(41)42-17-31(32,33)34)21(4)28(40)30(6,7)25(37)15-26(38)39/h9-10,12,14,16,19,21,24-25,27,35,37H,11,13,15,17H2,1-8H3,(H,38,39)/t19-,21+,24-,25-,27-/m0/s1. The molecule has 0 aliphatic carbocycles. The first-order valence-electron chi connectivity index (χ1n) is 14.2. The van der Waals surface area contributed by atoms with Gasteiger partial charge in [-0.05, 0) is 52.7 Å². The molecule has 0 spiro atoms. The van der Waals surface area contributed by atoms with Crippen LogP contribution in [-0.4, -0.2) is 68.8 Å². The monoisotopic (exact) mass is 694 g/mol. The van der Waals surface area contributed by atoms with Crippen LogP contribution in [0.4, 0.5) is 4.79 Å². The van der Waals surface area contributed by atoms with Crippen LogP contribution in [0.1, 0.15) is 71.5 Å². The summed E-state index contributed by atoms with van der Waals surface area (Å²) in [5.41, 5.74) is 1.71. The van der Waals surface area contributed by atoms with Crippen molar-refractivity contribution in [2.75, 3.05) is 13.7 Å². The van der Waals surface area contributed by atoms with Crippen molar-refractivity contribution in [2.24, 2.45) is 17.3 Å². The van der Waals surface area contributed by atoms with Crippen LogP contribution in [0.3, 0.4) is 0 Å². The number of aliphatic hydroxyl groups is 1. The Morgan fingerprint density at radius 3 is 2.32 bits per heavy atom. The number of carbonyl (C=O) groups excluding carboxylic acids is 2. The highest BCUT2D eigenvalue weighted by Gasteiger charge is 2.43. The molecule has 0 saturated heterocycles. The smallest absolute Gasteiger partial charge is 0.481 e. The van der Waals surface area contributed by atoms with E-state index in [4.69, 9.17) is 49.4 Å². The number of nitrogens with zero attached hydrogens (tertiary/aromatic N) is 1. The predicted octanol–water partition coefficient (Wildman–Crippen LogP) is 7.32. The molecule has 0 aliphatic rings. The second-order valence-electron chi connectivity index (χ2n) is 11.5. The fourth-order valence-electron chi connectivity index (χ4n) is 4.60. The van der Waals surface area contributed by atoms with Gasteiger partial charge in [0.1, 0.15) is 18.5 Å². The van der Waals surface area contributed by atoms with Gasteiger partial charge in [-0.1, -0.05) is 91.9 Å². The van der Waals surface area contributed by atoms with Gasteiger partial charge in [-0.2, -0.15) is 0 Å². The minimum atomic E-state index is -1.85. The number of aliphatic hydroxyl groups excluding tert-OH is 1. The van der Waals surface area contributed by atoms with Gasteiger partial charge in [0.2, 0.25) is 3.79 Å². The van der Waals surface area contributed by atoms with Crippen molar-refractivity contribution >= 4 is 70.1 Å². The van der Waals surface area contributed by atoms with Crippen LogP contribution in [-0.2, 0) is 19.1 Å². The molecule has 0 bridgehead atoms. The quantitative estimate of drug-likeness (QED) is 0.0870. The maximum absolute atomic E-state index is 13.5. The molecule has 0 saturated carbocycles. The minimum absolute atomic E-state index is 0.127. The van der Waals surface area contributed by atoms with E-state index in [9.17, 15) is 19.5 Å². The van der Waals surface area contributed by atoms with Crippen molar-refractivity contribution in [3.05, 3.63) is 45.5 Å². The van der Waals surface area contributed by atoms with Gasteiger partial charge in [-0.25, -0.2) is 9.78 Å². The van der Waals surface area contributed by atoms with Crippen molar-refractivity contribution in [3.8, 4) is 0 Å². The second kappa shape index (κ2) is 18.3. The number of allylic oxidation sites excluding steroid dienone is 3. The number of ketones is 1. The topological polar surface area (TPSA) is 135 Å². The molecule has 1 aromatic heterocycles. The van der Waals surface area contributed by atoms with Gasteiger partial charge in [0.05, 0.1) is 34.6 Å². The van der Waals surface area contributed by atoms with Crippen LogP contribution in [0.5, 0.6) is 0 Å². The third kappa shape index (κ3) is 14.0. The van der Waals surface area contributed by atoms with E-state index < -0.39 is 58.3 Å². The summed E-state index contributed by atoms with van der Waals surface area (Å²) in [5.74, 6) is -2.99. The lowest BCUT2D eigenvalue weighted by molar-refractivity contribution is -0.147. The lowest BCUT2D eigenvalue weighted by Crippen LogP contribution is -2.46. The molecule has 0 fully saturated rings. The molecule has 13 heteroatoms. The Labute approximate surface area is 279 Å². The Morgan fingerprint density at radius 2 is 1.80 bits per heavy atom. The minimum Gasteiger partial charge on any atom is -0.481 e. The summed E-state index contributed by atoms with van der Waals surface area (Å²) in [6.45, 7) is 11.8. The molecule has 3 N–H and O–H groups in total. The lowest BCUT2D eigenvalue weighted by Gasteiger charge is -2.35. The van der Waals surface area contributed by atoms with E-state index in [1.54, 1.807) is 18.3 Å². The van der Waals surface area contributed by atoms with E-state index in [0.717, 1.165) is 28.3 Å². The Balaban J connectivity index is 3.05. The zero-order valence-electron chi connectivity index (χ0n) is 26.5. The number of carbonyl (C=O) groups is 3. The number of Topliss-reactive ketones (excluding diaryl/α,β-unsaturated/α-hetero) is 1. The number of hydrogen-bond donors (Lipinski definition) is 3. The third-order valence-corrected chi connectivity index (χ3v) is 8.48. The molecule has 5 atom stereocenters. The number of rotatable bonds is 17. The maximum Gasteiger partial charge on any atom is 0.508 e. The lowest BCUT2D eigenvalue weighted by atomic mass is 9.73. The zero-order valence-corrected chi connectivity index (χ0v) is 29.6.